The highest BCUT2D eigenvalue weighted by Gasteiger charge is 2.19. The number of carboxylic acids is 1. The number of nitrogens with one attached hydrogen (secondary N) is 1. The molecule has 3 aromatic carbocycles. The molecule has 0 amide bonds. The topological polar surface area (TPSA) is 92.7 Å². The minimum atomic E-state index is -3.92. The van der Waals surface area contributed by atoms with E-state index in [0.717, 1.165) is 6.42 Å². The average Bonchev–Trinajstić information content (AvgIpc) is 2.65. The van der Waals surface area contributed by atoms with Crippen LogP contribution in [0, 0.1) is 0 Å². The number of anilines is 1. The van der Waals surface area contributed by atoms with Gasteiger partial charge in [-0.3, -0.25) is 4.72 Å². The second-order valence-electron chi connectivity index (χ2n) is 5.95. The van der Waals surface area contributed by atoms with Crippen molar-refractivity contribution in [1.82, 2.24) is 0 Å². The van der Waals surface area contributed by atoms with Crippen LogP contribution in [0.1, 0.15) is 23.7 Å². The number of fused-ring (bicyclic) bond motifs is 1. The lowest BCUT2D eigenvalue weighted by molar-refractivity contribution is 0.0697. The molecule has 0 unspecified atom stereocenters. The Labute approximate surface area is 157 Å². The van der Waals surface area contributed by atoms with E-state index < -0.39 is 16.0 Å². The summed E-state index contributed by atoms with van der Waals surface area (Å²) in [5, 5.41) is 10.3. The Balaban J connectivity index is 2.03. The number of benzene rings is 3. The number of carbonyl (C=O) groups is 1. The number of sulfonamides is 1. The summed E-state index contributed by atoms with van der Waals surface area (Å²) in [4.78, 5) is 11.2. The fourth-order valence-corrected chi connectivity index (χ4v) is 4.00. The zero-order chi connectivity index (χ0) is 19.4. The molecule has 0 saturated heterocycles. The van der Waals surface area contributed by atoms with Crippen molar-refractivity contribution in [3.63, 3.8) is 0 Å². The maximum atomic E-state index is 12.9. The van der Waals surface area contributed by atoms with Gasteiger partial charge in [0.05, 0.1) is 17.1 Å². The summed E-state index contributed by atoms with van der Waals surface area (Å²) >= 11 is 0. The van der Waals surface area contributed by atoms with Gasteiger partial charge in [0.1, 0.15) is 5.75 Å². The van der Waals surface area contributed by atoms with Gasteiger partial charge < -0.3 is 9.84 Å². The van der Waals surface area contributed by atoms with Crippen molar-refractivity contribution >= 4 is 32.5 Å². The molecule has 0 aliphatic carbocycles. The third-order valence-electron chi connectivity index (χ3n) is 3.96. The van der Waals surface area contributed by atoms with Gasteiger partial charge in [-0.25, -0.2) is 13.2 Å². The zero-order valence-electron chi connectivity index (χ0n) is 14.7. The van der Waals surface area contributed by atoms with E-state index >= 15 is 0 Å². The number of hydrogen-bond acceptors (Lipinski definition) is 4. The van der Waals surface area contributed by atoms with Crippen molar-refractivity contribution in [2.24, 2.45) is 0 Å². The Morgan fingerprint density at radius 1 is 1.04 bits per heavy atom. The van der Waals surface area contributed by atoms with Crippen molar-refractivity contribution in [3.8, 4) is 5.75 Å². The minimum absolute atomic E-state index is 0.00312. The zero-order valence-corrected chi connectivity index (χ0v) is 15.5. The third kappa shape index (κ3) is 4.03. The molecular weight excluding hydrogens is 366 g/mol. The molecular formula is C20H19NO5S. The fourth-order valence-electron chi connectivity index (χ4n) is 2.74. The van der Waals surface area contributed by atoms with Gasteiger partial charge in [-0.05, 0) is 36.8 Å². The average molecular weight is 385 g/mol. The Morgan fingerprint density at radius 3 is 2.48 bits per heavy atom. The lowest BCUT2D eigenvalue weighted by Gasteiger charge is -2.14. The van der Waals surface area contributed by atoms with Crippen LogP contribution in [0.2, 0.25) is 0 Å². The van der Waals surface area contributed by atoms with E-state index in [2.05, 4.69) is 4.72 Å². The van der Waals surface area contributed by atoms with Crippen molar-refractivity contribution in [2.45, 2.75) is 18.2 Å². The molecule has 0 radical (unpaired) electrons. The summed E-state index contributed by atoms with van der Waals surface area (Å²) < 4.78 is 34.0. The molecule has 0 aromatic heterocycles. The van der Waals surface area contributed by atoms with E-state index in [4.69, 9.17) is 9.84 Å². The molecule has 0 spiro atoms. The van der Waals surface area contributed by atoms with E-state index in [-0.39, 0.29) is 16.1 Å². The quantitative estimate of drug-likeness (QED) is 0.638. The standard InChI is InChI=1S/C20H19NO5S/c1-2-12-26-18-10-11-19(17-9-4-3-8-16(17)18)27(24,25)21-15-7-5-6-14(13-15)20(22)23/h3-11,13,21H,2,12H2,1H3,(H,22,23). The van der Waals surface area contributed by atoms with E-state index in [1.807, 2.05) is 19.1 Å². The van der Waals surface area contributed by atoms with Crippen LogP contribution in [0.25, 0.3) is 10.8 Å². The molecule has 7 heteroatoms. The molecule has 0 aliphatic heterocycles. The summed E-state index contributed by atoms with van der Waals surface area (Å²) in [5.41, 5.74) is 0.189. The van der Waals surface area contributed by atoms with Crippen molar-refractivity contribution in [2.75, 3.05) is 11.3 Å². The molecule has 6 nitrogen and oxygen atoms in total. The SMILES string of the molecule is CCCOc1ccc(S(=O)(=O)Nc2cccc(C(=O)O)c2)c2ccccc12. The normalized spacial score (nSPS) is 11.3. The first-order chi connectivity index (χ1) is 12.9. The predicted octanol–water partition coefficient (Wildman–Crippen LogP) is 4.13. The number of aromatic carboxylic acids is 1. The highest BCUT2D eigenvalue weighted by molar-refractivity contribution is 7.93. The van der Waals surface area contributed by atoms with Gasteiger partial charge in [-0.1, -0.05) is 37.3 Å². The second-order valence-corrected chi connectivity index (χ2v) is 7.60. The molecule has 27 heavy (non-hydrogen) atoms. The highest BCUT2D eigenvalue weighted by Crippen LogP contribution is 2.32. The molecule has 140 valence electrons. The van der Waals surface area contributed by atoms with Gasteiger partial charge in [-0.2, -0.15) is 0 Å². The van der Waals surface area contributed by atoms with E-state index in [1.165, 1.54) is 30.3 Å². The first-order valence-electron chi connectivity index (χ1n) is 8.43. The summed E-state index contributed by atoms with van der Waals surface area (Å²) in [7, 11) is -3.92. The molecule has 0 aliphatic rings. The van der Waals surface area contributed by atoms with E-state index in [1.54, 1.807) is 18.2 Å². The van der Waals surface area contributed by atoms with Gasteiger partial charge in [0.25, 0.3) is 10.0 Å². The summed E-state index contributed by atoms with van der Waals surface area (Å²) in [6, 6.07) is 15.9. The van der Waals surface area contributed by atoms with Crippen LogP contribution in [-0.2, 0) is 10.0 Å². The molecule has 2 N–H and O–H groups in total. The molecule has 0 bridgehead atoms. The van der Waals surface area contributed by atoms with Crippen molar-refractivity contribution < 1.29 is 23.1 Å². The molecule has 0 fully saturated rings. The first-order valence-corrected chi connectivity index (χ1v) is 9.91. The molecule has 3 aromatic rings. The predicted molar refractivity (Wildman–Crippen MR) is 104 cm³/mol. The molecule has 0 atom stereocenters. The summed E-state index contributed by atoms with van der Waals surface area (Å²) in [6.07, 6.45) is 0.843. The van der Waals surface area contributed by atoms with Crippen LogP contribution in [-0.4, -0.2) is 26.1 Å². The minimum Gasteiger partial charge on any atom is -0.493 e. The van der Waals surface area contributed by atoms with E-state index in [9.17, 15) is 13.2 Å². The first kappa shape index (κ1) is 18.7. The van der Waals surface area contributed by atoms with Crippen LogP contribution < -0.4 is 9.46 Å². The number of hydrogen-bond donors (Lipinski definition) is 2. The monoisotopic (exact) mass is 385 g/mol. The van der Waals surface area contributed by atoms with Crippen LogP contribution in [0.15, 0.2) is 65.6 Å². The van der Waals surface area contributed by atoms with Crippen molar-refractivity contribution in [1.29, 1.82) is 0 Å². The molecule has 3 rings (SSSR count). The van der Waals surface area contributed by atoms with Crippen molar-refractivity contribution in [3.05, 3.63) is 66.2 Å². The number of ether oxygens (including phenoxy) is 1. The maximum Gasteiger partial charge on any atom is 0.335 e. The smallest absolute Gasteiger partial charge is 0.335 e. The van der Waals surface area contributed by atoms with E-state index in [0.29, 0.717) is 23.1 Å². The van der Waals surface area contributed by atoms with Gasteiger partial charge in [0.2, 0.25) is 0 Å². The van der Waals surface area contributed by atoms with Crippen LogP contribution >= 0.6 is 0 Å². The summed E-state index contributed by atoms with van der Waals surface area (Å²) in [6.45, 7) is 2.53. The Hall–Kier alpha value is -3.06. The number of carboxylic acid groups (broad SMARTS) is 1. The van der Waals surface area contributed by atoms with Crippen LogP contribution in [0.5, 0.6) is 5.75 Å². The third-order valence-corrected chi connectivity index (χ3v) is 5.40. The van der Waals surface area contributed by atoms with Gasteiger partial charge in [0, 0.05) is 16.5 Å². The highest BCUT2D eigenvalue weighted by atomic mass is 32.2. The molecule has 0 heterocycles. The lowest BCUT2D eigenvalue weighted by Crippen LogP contribution is -2.14. The largest absolute Gasteiger partial charge is 0.493 e. The number of rotatable bonds is 7. The van der Waals surface area contributed by atoms with Gasteiger partial charge >= 0.3 is 5.97 Å². The Kier molecular flexibility index (Phi) is 5.32. The van der Waals surface area contributed by atoms with Gasteiger partial charge in [-0.15, -0.1) is 0 Å². The lowest BCUT2D eigenvalue weighted by atomic mass is 10.1. The van der Waals surface area contributed by atoms with Crippen LogP contribution in [0.3, 0.4) is 0 Å². The van der Waals surface area contributed by atoms with Gasteiger partial charge in [0.15, 0.2) is 0 Å². The van der Waals surface area contributed by atoms with Crippen LogP contribution in [0.4, 0.5) is 5.69 Å². The maximum absolute atomic E-state index is 12.9. The fraction of sp³-hybridized carbons (Fsp3) is 0.150. The second kappa shape index (κ2) is 7.67. The Morgan fingerprint density at radius 2 is 1.78 bits per heavy atom. The Bertz CT molecular complexity index is 1090. The summed E-state index contributed by atoms with van der Waals surface area (Å²) in [5.74, 6) is -0.502. The molecule has 0 saturated carbocycles.